The number of nitrogens with one attached hydrogen (secondary N) is 3. The molecule has 2 aliphatic rings. The van der Waals surface area contributed by atoms with Crippen LogP contribution < -0.4 is 10.6 Å². The van der Waals surface area contributed by atoms with Gasteiger partial charge in [-0.25, -0.2) is 0 Å². The smallest absolute Gasteiger partial charge is 0.0484 e. The molecule has 0 aliphatic carbocycles. The molecule has 0 unspecified atom stereocenters. The van der Waals surface area contributed by atoms with E-state index in [0.717, 1.165) is 39.5 Å². The Labute approximate surface area is 115 Å². The van der Waals surface area contributed by atoms with Gasteiger partial charge in [-0.2, -0.15) is 0 Å². The maximum atomic E-state index is 3.57. The van der Waals surface area contributed by atoms with Gasteiger partial charge >= 0.3 is 0 Å². The van der Waals surface area contributed by atoms with E-state index in [0.29, 0.717) is 0 Å². The lowest BCUT2D eigenvalue weighted by Crippen LogP contribution is -2.41. The number of hydrogen-bond acceptors (Lipinski definition) is 4. The van der Waals surface area contributed by atoms with Gasteiger partial charge in [0.25, 0.3) is 0 Å². The second-order valence-corrected chi connectivity index (χ2v) is 5.64. The highest BCUT2D eigenvalue weighted by Gasteiger charge is 2.13. The molecule has 1 aromatic rings. The molecular weight excluding hydrogens is 238 g/mol. The SMILES string of the molecule is c1cc(CN2CCCNC2)[nH]c1CN1CCCNC1. The molecule has 106 valence electrons. The van der Waals surface area contributed by atoms with Crippen molar-refractivity contribution >= 4 is 0 Å². The predicted molar refractivity (Wildman–Crippen MR) is 76.6 cm³/mol. The van der Waals surface area contributed by atoms with Crippen LogP contribution in [-0.2, 0) is 13.1 Å². The highest BCUT2D eigenvalue weighted by atomic mass is 15.3. The minimum Gasteiger partial charge on any atom is -0.360 e. The Morgan fingerprint density at radius 3 is 1.79 bits per heavy atom. The first-order chi connectivity index (χ1) is 9.40. The molecular formula is C14H25N5. The van der Waals surface area contributed by atoms with Crippen molar-refractivity contribution in [1.29, 1.82) is 0 Å². The van der Waals surface area contributed by atoms with Crippen molar-refractivity contribution in [3.8, 4) is 0 Å². The maximum absolute atomic E-state index is 3.57. The molecule has 0 bridgehead atoms. The summed E-state index contributed by atoms with van der Waals surface area (Å²) in [6.45, 7) is 8.84. The Morgan fingerprint density at radius 1 is 0.842 bits per heavy atom. The van der Waals surface area contributed by atoms with Crippen LogP contribution in [0.2, 0.25) is 0 Å². The molecule has 2 aliphatic heterocycles. The van der Waals surface area contributed by atoms with Gasteiger partial charge in [-0.3, -0.25) is 9.80 Å². The Bertz CT molecular complexity index is 342. The van der Waals surface area contributed by atoms with E-state index in [2.05, 4.69) is 37.6 Å². The summed E-state index contributed by atoms with van der Waals surface area (Å²) in [5, 5.41) is 6.85. The summed E-state index contributed by atoms with van der Waals surface area (Å²) in [5.74, 6) is 0. The van der Waals surface area contributed by atoms with E-state index >= 15 is 0 Å². The molecule has 3 N–H and O–H groups in total. The Hall–Kier alpha value is -0.880. The zero-order valence-electron chi connectivity index (χ0n) is 11.6. The molecule has 0 saturated carbocycles. The van der Waals surface area contributed by atoms with Gasteiger partial charge in [0.05, 0.1) is 0 Å². The highest BCUT2D eigenvalue weighted by Crippen LogP contribution is 2.10. The second kappa shape index (κ2) is 6.52. The first-order valence-electron chi connectivity index (χ1n) is 7.43. The molecule has 0 spiro atoms. The Kier molecular flexibility index (Phi) is 4.50. The molecule has 3 heterocycles. The third-order valence-corrected chi connectivity index (χ3v) is 3.92. The molecule has 5 heteroatoms. The van der Waals surface area contributed by atoms with Crippen LogP contribution in [0.4, 0.5) is 0 Å². The van der Waals surface area contributed by atoms with E-state index in [-0.39, 0.29) is 0 Å². The molecule has 3 rings (SSSR count). The van der Waals surface area contributed by atoms with E-state index in [1.54, 1.807) is 0 Å². The fourth-order valence-corrected chi connectivity index (χ4v) is 2.91. The van der Waals surface area contributed by atoms with Crippen LogP contribution in [0.25, 0.3) is 0 Å². The number of H-pyrrole nitrogens is 1. The highest BCUT2D eigenvalue weighted by molar-refractivity contribution is 5.13. The van der Waals surface area contributed by atoms with Crippen LogP contribution in [0.3, 0.4) is 0 Å². The lowest BCUT2D eigenvalue weighted by molar-refractivity contribution is 0.201. The molecule has 5 nitrogen and oxygen atoms in total. The zero-order chi connectivity index (χ0) is 12.9. The number of rotatable bonds is 4. The number of aromatic nitrogens is 1. The van der Waals surface area contributed by atoms with Crippen molar-refractivity contribution in [1.82, 2.24) is 25.4 Å². The summed E-state index contributed by atoms with van der Waals surface area (Å²) < 4.78 is 0. The van der Waals surface area contributed by atoms with Crippen molar-refractivity contribution in [3.63, 3.8) is 0 Å². The molecule has 0 radical (unpaired) electrons. The fraction of sp³-hybridized carbons (Fsp3) is 0.714. The van der Waals surface area contributed by atoms with E-state index < -0.39 is 0 Å². The molecule has 0 aromatic carbocycles. The van der Waals surface area contributed by atoms with E-state index in [9.17, 15) is 0 Å². The van der Waals surface area contributed by atoms with E-state index in [1.807, 2.05) is 0 Å². The van der Waals surface area contributed by atoms with Crippen LogP contribution >= 0.6 is 0 Å². The van der Waals surface area contributed by atoms with Crippen molar-refractivity contribution < 1.29 is 0 Å². The third-order valence-electron chi connectivity index (χ3n) is 3.92. The Balaban J connectivity index is 1.50. The first kappa shape index (κ1) is 13.1. The minimum atomic E-state index is 1.02. The lowest BCUT2D eigenvalue weighted by atomic mass is 10.3. The third kappa shape index (κ3) is 3.79. The van der Waals surface area contributed by atoms with Gasteiger partial charge < -0.3 is 15.6 Å². The monoisotopic (exact) mass is 263 g/mol. The van der Waals surface area contributed by atoms with Crippen molar-refractivity contribution in [2.45, 2.75) is 25.9 Å². The molecule has 19 heavy (non-hydrogen) atoms. The number of aromatic amines is 1. The molecule has 1 aromatic heterocycles. The number of nitrogens with zero attached hydrogens (tertiary/aromatic N) is 2. The Morgan fingerprint density at radius 2 is 1.37 bits per heavy atom. The topological polar surface area (TPSA) is 46.3 Å². The largest absolute Gasteiger partial charge is 0.360 e. The summed E-state index contributed by atoms with van der Waals surface area (Å²) in [6, 6.07) is 4.47. The summed E-state index contributed by atoms with van der Waals surface area (Å²) >= 11 is 0. The fourth-order valence-electron chi connectivity index (χ4n) is 2.91. The van der Waals surface area contributed by atoms with Gasteiger partial charge in [0, 0.05) is 50.9 Å². The van der Waals surface area contributed by atoms with Gasteiger partial charge in [0.2, 0.25) is 0 Å². The van der Waals surface area contributed by atoms with Gasteiger partial charge in [-0.15, -0.1) is 0 Å². The quantitative estimate of drug-likeness (QED) is 0.741. The van der Waals surface area contributed by atoms with Gasteiger partial charge in [0.15, 0.2) is 0 Å². The van der Waals surface area contributed by atoms with Crippen LogP contribution in [0, 0.1) is 0 Å². The zero-order valence-corrected chi connectivity index (χ0v) is 11.6. The molecule has 2 fully saturated rings. The predicted octanol–water partition coefficient (Wildman–Crippen LogP) is 0.520. The van der Waals surface area contributed by atoms with Crippen molar-refractivity contribution in [2.24, 2.45) is 0 Å². The maximum Gasteiger partial charge on any atom is 0.0484 e. The minimum absolute atomic E-state index is 1.02. The summed E-state index contributed by atoms with van der Waals surface area (Å²) in [6.07, 6.45) is 2.51. The first-order valence-corrected chi connectivity index (χ1v) is 7.43. The summed E-state index contributed by atoms with van der Waals surface area (Å²) in [7, 11) is 0. The average molecular weight is 263 g/mol. The number of hydrogen-bond donors (Lipinski definition) is 3. The van der Waals surface area contributed by atoms with Crippen LogP contribution in [-0.4, -0.2) is 54.3 Å². The van der Waals surface area contributed by atoms with Crippen molar-refractivity contribution in [3.05, 3.63) is 23.5 Å². The second-order valence-electron chi connectivity index (χ2n) is 5.64. The van der Waals surface area contributed by atoms with Crippen molar-refractivity contribution in [2.75, 3.05) is 39.5 Å². The standard InChI is InChI=1S/C14H25N5/c1-5-15-11-18(7-1)9-13-3-4-14(17-13)10-19-8-2-6-16-12-19/h3-4,15-17H,1-2,5-12H2. The van der Waals surface area contributed by atoms with Gasteiger partial charge in [-0.05, 0) is 38.1 Å². The van der Waals surface area contributed by atoms with Crippen LogP contribution in [0.15, 0.2) is 12.1 Å². The van der Waals surface area contributed by atoms with E-state index in [1.165, 1.54) is 37.3 Å². The lowest BCUT2D eigenvalue weighted by Gasteiger charge is -2.27. The van der Waals surface area contributed by atoms with E-state index in [4.69, 9.17) is 0 Å². The molecule has 2 saturated heterocycles. The normalized spacial score (nSPS) is 22.7. The average Bonchev–Trinajstić information content (AvgIpc) is 2.88. The van der Waals surface area contributed by atoms with Gasteiger partial charge in [0.1, 0.15) is 0 Å². The summed E-state index contributed by atoms with van der Waals surface area (Å²) in [4.78, 5) is 8.49. The molecule has 0 amide bonds. The van der Waals surface area contributed by atoms with Crippen LogP contribution in [0.5, 0.6) is 0 Å². The molecule has 0 atom stereocenters. The van der Waals surface area contributed by atoms with Crippen LogP contribution in [0.1, 0.15) is 24.2 Å². The van der Waals surface area contributed by atoms with Gasteiger partial charge in [-0.1, -0.05) is 0 Å². The summed E-state index contributed by atoms with van der Waals surface area (Å²) in [5.41, 5.74) is 2.67.